The van der Waals surface area contributed by atoms with Crippen LogP contribution in [-0.4, -0.2) is 32.2 Å². The van der Waals surface area contributed by atoms with Crippen LogP contribution < -0.4 is 11.1 Å². The smallest absolute Gasteiger partial charge is 0.222 e. The SMILES string of the molecule is COC(CN)CC(=O)NCC1(C)CCCC1. The van der Waals surface area contributed by atoms with Crippen molar-refractivity contribution in [1.82, 2.24) is 5.32 Å². The normalized spacial score (nSPS) is 20.7. The molecule has 1 amide bonds. The lowest BCUT2D eigenvalue weighted by Gasteiger charge is -2.24. The summed E-state index contributed by atoms with van der Waals surface area (Å²) < 4.78 is 5.08. The third-order valence-electron chi connectivity index (χ3n) is 3.53. The molecule has 0 heterocycles. The van der Waals surface area contributed by atoms with Crippen molar-refractivity contribution < 1.29 is 9.53 Å². The molecular formula is C12H24N2O2. The molecular weight excluding hydrogens is 204 g/mol. The number of hydrogen-bond donors (Lipinski definition) is 2. The van der Waals surface area contributed by atoms with Gasteiger partial charge in [-0.25, -0.2) is 0 Å². The van der Waals surface area contributed by atoms with Crippen LogP contribution in [0.3, 0.4) is 0 Å². The summed E-state index contributed by atoms with van der Waals surface area (Å²) in [6.45, 7) is 3.42. The number of amides is 1. The van der Waals surface area contributed by atoms with Crippen molar-refractivity contribution in [3.8, 4) is 0 Å². The van der Waals surface area contributed by atoms with E-state index in [1.807, 2.05) is 0 Å². The third-order valence-corrected chi connectivity index (χ3v) is 3.53. The monoisotopic (exact) mass is 228 g/mol. The Morgan fingerprint density at radius 1 is 1.50 bits per heavy atom. The van der Waals surface area contributed by atoms with Crippen LogP contribution in [-0.2, 0) is 9.53 Å². The van der Waals surface area contributed by atoms with Crippen LogP contribution >= 0.6 is 0 Å². The summed E-state index contributed by atoms with van der Waals surface area (Å²) in [5.41, 5.74) is 5.78. The van der Waals surface area contributed by atoms with E-state index in [1.54, 1.807) is 7.11 Å². The zero-order valence-corrected chi connectivity index (χ0v) is 10.4. The fourth-order valence-corrected chi connectivity index (χ4v) is 2.26. The van der Waals surface area contributed by atoms with Gasteiger partial charge in [0.15, 0.2) is 0 Å². The Balaban J connectivity index is 2.24. The highest BCUT2D eigenvalue weighted by molar-refractivity contribution is 5.76. The van der Waals surface area contributed by atoms with E-state index in [0.29, 0.717) is 18.4 Å². The van der Waals surface area contributed by atoms with E-state index in [9.17, 15) is 4.79 Å². The highest BCUT2D eigenvalue weighted by Crippen LogP contribution is 2.36. The molecule has 1 unspecified atom stereocenters. The predicted molar refractivity (Wildman–Crippen MR) is 64.1 cm³/mol. The number of rotatable bonds is 6. The second kappa shape index (κ2) is 6.21. The molecule has 1 aliphatic rings. The Morgan fingerprint density at radius 2 is 2.12 bits per heavy atom. The van der Waals surface area contributed by atoms with Crippen LogP contribution in [0, 0.1) is 5.41 Å². The first-order chi connectivity index (χ1) is 7.59. The molecule has 0 aromatic rings. The molecule has 1 aliphatic carbocycles. The van der Waals surface area contributed by atoms with Crippen molar-refractivity contribution >= 4 is 5.91 Å². The zero-order valence-electron chi connectivity index (χ0n) is 10.4. The first kappa shape index (κ1) is 13.5. The van der Waals surface area contributed by atoms with Gasteiger partial charge < -0.3 is 15.8 Å². The second-order valence-corrected chi connectivity index (χ2v) is 5.09. The minimum absolute atomic E-state index is 0.0467. The van der Waals surface area contributed by atoms with Crippen molar-refractivity contribution in [3.63, 3.8) is 0 Å². The van der Waals surface area contributed by atoms with Crippen LogP contribution in [0.5, 0.6) is 0 Å². The summed E-state index contributed by atoms with van der Waals surface area (Å²) in [4.78, 5) is 11.6. The van der Waals surface area contributed by atoms with Gasteiger partial charge >= 0.3 is 0 Å². The van der Waals surface area contributed by atoms with Gasteiger partial charge in [0.05, 0.1) is 12.5 Å². The van der Waals surface area contributed by atoms with Gasteiger partial charge in [-0.05, 0) is 18.3 Å². The van der Waals surface area contributed by atoms with E-state index in [0.717, 1.165) is 6.54 Å². The number of hydrogen-bond acceptors (Lipinski definition) is 3. The van der Waals surface area contributed by atoms with Crippen molar-refractivity contribution in [2.45, 2.75) is 45.1 Å². The van der Waals surface area contributed by atoms with Crippen molar-refractivity contribution in [3.05, 3.63) is 0 Å². The van der Waals surface area contributed by atoms with Crippen molar-refractivity contribution in [2.75, 3.05) is 20.2 Å². The molecule has 0 aliphatic heterocycles. The summed E-state index contributed by atoms with van der Waals surface area (Å²) >= 11 is 0. The maximum Gasteiger partial charge on any atom is 0.222 e. The Hall–Kier alpha value is -0.610. The van der Waals surface area contributed by atoms with E-state index in [-0.39, 0.29) is 12.0 Å². The summed E-state index contributed by atoms with van der Waals surface area (Å²) in [6.07, 6.45) is 5.22. The average Bonchev–Trinajstić information content (AvgIpc) is 2.71. The standard InChI is InChI=1S/C12H24N2O2/c1-12(5-3-4-6-12)9-14-11(15)7-10(8-13)16-2/h10H,3-9,13H2,1-2H3,(H,14,15). The van der Waals surface area contributed by atoms with Gasteiger partial charge in [0, 0.05) is 20.2 Å². The third kappa shape index (κ3) is 4.10. The topological polar surface area (TPSA) is 64.3 Å². The summed E-state index contributed by atoms with van der Waals surface area (Å²) in [7, 11) is 1.59. The molecule has 1 atom stereocenters. The predicted octanol–water partition coefficient (Wildman–Crippen LogP) is 1.05. The van der Waals surface area contributed by atoms with Crippen LogP contribution in [0.25, 0.3) is 0 Å². The Morgan fingerprint density at radius 3 is 2.62 bits per heavy atom. The van der Waals surface area contributed by atoms with E-state index >= 15 is 0 Å². The number of nitrogens with one attached hydrogen (secondary N) is 1. The molecule has 0 bridgehead atoms. The molecule has 1 fully saturated rings. The molecule has 0 spiro atoms. The molecule has 0 aromatic carbocycles. The minimum atomic E-state index is -0.156. The first-order valence-corrected chi connectivity index (χ1v) is 6.09. The van der Waals surface area contributed by atoms with Crippen LogP contribution in [0.4, 0.5) is 0 Å². The fraction of sp³-hybridized carbons (Fsp3) is 0.917. The first-order valence-electron chi connectivity index (χ1n) is 6.09. The van der Waals surface area contributed by atoms with E-state index in [4.69, 9.17) is 10.5 Å². The molecule has 0 radical (unpaired) electrons. The Bertz CT molecular complexity index is 221. The molecule has 4 nitrogen and oxygen atoms in total. The molecule has 1 saturated carbocycles. The molecule has 16 heavy (non-hydrogen) atoms. The van der Waals surface area contributed by atoms with Gasteiger partial charge in [-0.2, -0.15) is 0 Å². The molecule has 94 valence electrons. The lowest BCUT2D eigenvalue weighted by molar-refractivity contribution is -0.123. The summed E-state index contributed by atoms with van der Waals surface area (Å²) in [5, 5.41) is 2.99. The lowest BCUT2D eigenvalue weighted by atomic mass is 9.89. The maximum absolute atomic E-state index is 11.6. The van der Waals surface area contributed by atoms with Gasteiger partial charge in [0.1, 0.15) is 0 Å². The maximum atomic E-state index is 11.6. The minimum Gasteiger partial charge on any atom is -0.380 e. The number of nitrogens with two attached hydrogens (primary N) is 1. The Kier molecular flexibility index (Phi) is 5.22. The molecule has 3 N–H and O–H groups in total. The van der Waals surface area contributed by atoms with Gasteiger partial charge in [-0.1, -0.05) is 19.8 Å². The molecule has 1 rings (SSSR count). The van der Waals surface area contributed by atoms with E-state index < -0.39 is 0 Å². The Labute approximate surface area is 97.9 Å². The van der Waals surface area contributed by atoms with Crippen LogP contribution in [0.2, 0.25) is 0 Å². The second-order valence-electron chi connectivity index (χ2n) is 5.09. The highest BCUT2D eigenvalue weighted by atomic mass is 16.5. The number of carbonyl (C=O) groups is 1. The number of carbonyl (C=O) groups excluding carboxylic acids is 1. The van der Waals surface area contributed by atoms with Crippen molar-refractivity contribution in [1.29, 1.82) is 0 Å². The highest BCUT2D eigenvalue weighted by Gasteiger charge is 2.28. The van der Waals surface area contributed by atoms with Gasteiger partial charge in [0.2, 0.25) is 5.91 Å². The van der Waals surface area contributed by atoms with E-state index in [1.165, 1.54) is 25.7 Å². The zero-order chi connectivity index (χ0) is 12.0. The largest absolute Gasteiger partial charge is 0.380 e. The number of ether oxygens (including phenoxy) is 1. The average molecular weight is 228 g/mol. The van der Waals surface area contributed by atoms with Crippen LogP contribution in [0.15, 0.2) is 0 Å². The molecule has 0 aromatic heterocycles. The number of methoxy groups -OCH3 is 1. The molecule has 4 heteroatoms. The lowest BCUT2D eigenvalue weighted by Crippen LogP contribution is -2.37. The van der Waals surface area contributed by atoms with E-state index in [2.05, 4.69) is 12.2 Å². The van der Waals surface area contributed by atoms with Gasteiger partial charge in [-0.15, -0.1) is 0 Å². The summed E-state index contributed by atoms with van der Waals surface area (Å²) in [6, 6.07) is 0. The molecule has 0 saturated heterocycles. The summed E-state index contributed by atoms with van der Waals surface area (Å²) in [5.74, 6) is 0.0467. The van der Waals surface area contributed by atoms with Crippen molar-refractivity contribution in [2.24, 2.45) is 11.1 Å². The fourth-order valence-electron chi connectivity index (χ4n) is 2.26. The van der Waals surface area contributed by atoms with Gasteiger partial charge in [0.25, 0.3) is 0 Å². The van der Waals surface area contributed by atoms with Gasteiger partial charge in [-0.3, -0.25) is 4.79 Å². The quantitative estimate of drug-likeness (QED) is 0.714. The van der Waals surface area contributed by atoms with Crippen LogP contribution in [0.1, 0.15) is 39.0 Å².